The van der Waals surface area contributed by atoms with E-state index in [9.17, 15) is 14.7 Å². The van der Waals surface area contributed by atoms with Crippen LogP contribution in [0.4, 0.5) is 11.4 Å². The summed E-state index contributed by atoms with van der Waals surface area (Å²) < 4.78 is 0. The average Bonchev–Trinajstić information content (AvgIpc) is 2.36. The summed E-state index contributed by atoms with van der Waals surface area (Å²) in [6.45, 7) is 1.35. The maximum absolute atomic E-state index is 12.1. The normalized spacial score (nSPS) is 10.1. The Kier molecular flexibility index (Phi) is 4.90. The first kappa shape index (κ1) is 16.1. The molecular weight excluding hydrogens is 327 g/mol. The second-order valence-electron chi connectivity index (χ2n) is 4.53. The van der Waals surface area contributed by atoms with Crippen LogP contribution in [0, 0.1) is 0 Å². The monoisotopic (exact) mass is 338 g/mol. The van der Waals surface area contributed by atoms with E-state index in [0.29, 0.717) is 21.4 Å². The van der Waals surface area contributed by atoms with E-state index in [0.717, 1.165) is 0 Å². The topological polar surface area (TPSA) is 78.4 Å². The zero-order valence-corrected chi connectivity index (χ0v) is 13.0. The lowest BCUT2D eigenvalue weighted by Crippen LogP contribution is -2.12. The van der Waals surface area contributed by atoms with E-state index >= 15 is 0 Å². The number of anilines is 2. The molecule has 0 fully saturated rings. The standard InChI is InChI=1S/C15H12Cl2N2O3/c1-8(20)18-11-2-3-13(14(21)7-11)15(22)19-12-5-9(16)4-10(17)6-12/h2-7,21H,1H3,(H,18,20)(H,19,22). The van der Waals surface area contributed by atoms with Gasteiger partial charge in [0.25, 0.3) is 5.91 Å². The third-order valence-corrected chi connectivity index (χ3v) is 3.12. The fourth-order valence-corrected chi connectivity index (χ4v) is 2.36. The molecule has 0 spiro atoms. The van der Waals surface area contributed by atoms with Crippen LogP contribution in [0.15, 0.2) is 36.4 Å². The van der Waals surface area contributed by atoms with Gasteiger partial charge in [-0.3, -0.25) is 9.59 Å². The quantitative estimate of drug-likeness (QED) is 0.793. The van der Waals surface area contributed by atoms with Gasteiger partial charge in [-0.2, -0.15) is 0 Å². The Morgan fingerprint density at radius 2 is 1.59 bits per heavy atom. The number of hydrogen-bond donors (Lipinski definition) is 3. The van der Waals surface area contributed by atoms with E-state index in [1.54, 1.807) is 6.07 Å². The first-order valence-corrected chi connectivity index (χ1v) is 6.99. The molecule has 0 aliphatic rings. The molecule has 114 valence electrons. The van der Waals surface area contributed by atoms with Crippen LogP contribution in [0.5, 0.6) is 5.75 Å². The number of amides is 2. The maximum atomic E-state index is 12.1. The van der Waals surface area contributed by atoms with Crippen molar-refractivity contribution >= 4 is 46.4 Å². The van der Waals surface area contributed by atoms with Gasteiger partial charge in [-0.1, -0.05) is 23.2 Å². The molecule has 2 amide bonds. The molecule has 0 aliphatic carbocycles. The number of carbonyl (C=O) groups is 2. The number of hydrogen-bond acceptors (Lipinski definition) is 3. The molecule has 2 aromatic rings. The van der Waals surface area contributed by atoms with Gasteiger partial charge in [0.15, 0.2) is 0 Å². The highest BCUT2D eigenvalue weighted by Crippen LogP contribution is 2.26. The Balaban J connectivity index is 2.20. The first-order valence-electron chi connectivity index (χ1n) is 6.23. The van der Waals surface area contributed by atoms with Crippen molar-refractivity contribution in [2.45, 2.75) is 6.92 Å². The second-order valence-corrected chi connectivity index (χ2v) is 5.40. The van der Waals surface area contributed by atoms with E-state index in [1.165, 1.54) is 37.3 Å². The van der Waals surface area contributed by atoms with Gasteiger partial charge in [-0.25, -0.2) is 0 Å². The Morgan fingerprint density at radius 3 is 2.14 bits per heavy atom. The molecule has 0 saturated carbocycles. The minimum Gasteiger partial charge on any atom is -0.507 e. The molecule has 0 radical (unpaired) electrons. The number of phenolic OH excluding ortho intramolecular Hbond substituents is 1. The molecule has 22 heavy (non-hydrogen) atoms. The number of halogens is 2. The van der Waals surface area contributed by atoms with Crippen LogP contribution in [-0.2, 0) is 4.79 Å². The predicted molar refractivity (Wildman–Crippen MR) is 86.8 cm³/mol. The molecular formula is C15H12Cl2N2O3. The van der Waals surface area contributed by atoms with Crippen molar-refractivity contribution in [1.82, 2.24) is 0 Å². The number of rotatable bonds is 3. The summed E-state index contributed by atoms with van der Waals surface area (Å²) in [6, 6.07) is 8.82. The van der Waals surface area contributed by atoms with E-state index < -0.39 is 5.91 Å². The van der Waals surface area contributed by atoms with Crippen LogP contribution in [0.3, 0.4) is 0 Å². The van der Waals surface area contributed by atoms with Gasteiger partial charge in [0.2, 0.25) is 5.91 Å². The van der Waals surface area contributed by atoms with Crippen LogP contribution in [0.2, 0.25) is 10.0 Å². The highest BCUT2D eigenvalue weighted by molar-refractivity contribution is 6.35. The van der Waals surface area contributed by atoms with Gasteiger partial charge < -0.3 is 15.7 Å². The lowest BCUT2D eigenvalue weighted by Gasteiger charge is -2.09. The molecule has 0 aliphatic heterocycles. The van der Waals surface area contributed by atoms with Crippen molar-refractivity contribution in [3.63, 3.8) is 0 Å². The molecule has 0 heterocycles. The smallest absolute Gasteiger partial charge is 0.259 e. The fourth-order valence-electron chi connectivity index (χ4n) is 1.83. The van der Waals surface area contributed by atoms with E-state index in [2.05, 4.69) is 10.6 Å². The summed E-state index contributed by atoms with van der Waals surface area (Å²) in [6.07, 6.45) is 0. The highest BCUT2D eigenvalue weighted by atomic mass is 35.5. The van der Waals surface area contributed by atoms with E-state index in [4.69, 9.17) is 23.2 Å². The Hall–Kier alpha value is -2.24. The van der Waals surface area contributed by atoms with Crippen LogP contribution >= 0.6 is 23.2 Å². The van der Waals surface area contributed by atoms with Crippen molar-refractivity contribution in [2.24, 2.45) is 0 Å². The van der Waals surface area contributed by atoms with Gasteiger partial charge in [0, 0.05) is 34.4 Å². The van der Waals surface area contributed by atoms with Crippen LogP contribution in [0.25, 0.3) is 0 Å². The average molecular weight is 339 g/mol. The summed E-state index contributed by atoms with van der Waals surface area (Å²) in [5.41, 5.74) is 0.866. The van der Waals surface area contributed by atoms with Gasteiger partial charge in [-0.05, 0) is 30.3 Å². The fraction of sp³-hybridized carbons (Fsp3) is 0.0667. The van der Waals surface area contributed by atoms with Crippen molar-refractivity contribution in [3.05, 3.63) is 52.0 Å². The lowest BCUT2D eigenvalue weighted by molar-refractivity contribution is -0.114. The second kappa shape index (κ2) is 6.68. The van der Waals surface area contributed by atoms with Crippen molar-refractivity contribution in [1.29, 1.82) is 0 Å². The SMILES string of the molecule is CC(=O)Nc1ccc(C(=O)Nc2cc(Cl)cc(Cl)c2)c(O)c1. The Morgan fingerprint density at radius 1 is 0.955 bits per heavy atom. The van der Waals surface area contributed by atoms with Gasteiger partial charge in [0.1, 0.15) is 5.75 Å². The molecule has 0 aromatic heterocycles. The highest BCUT2D eigenvalue weighted by Gasteiger charge is 2.13. The third-order valence-electron chi connectivity index (χ3n) is 2.68. The zero-order chi connectivity index (χ0) is 16.3. The lowest BCUT2D eigenvalue weighted by atomic mass is 10.1. The van der Waals surface area contributed by atoms with Crippen LogP contribution < -0.4 is 10.6 Å². The number of carbonyl (C=O) groups excluding carboxylic acids is 2. The van der Waals surface area contributed by atoms with Crippen molar-refractivity contribution in [2.75, 3.05) is 10.6 Å². The van der Waals surface area contributed by atoms with Crippen molar-refractivity contribution in [3.8, 4) is 5.75 Å². The van der Waals surface area contributed by atoms with Gasteiger partial charge in [0.05, 0.1) is 5.56 Å². The Labute approximate surface area is 136 Å². The summed E-state index contributed by atoms with van der Waals surface area (Å²) in [4.78, 5) is 23.1. The van der Waals surface area contributed by atoms with Gasteiger partial charge in [-0.15, -0.1) is 0 Å². The number of phenols is 1. The minimum atomic E-state index is -0.523. The molecule has 2 aromatic carbocycles. The molecule has 0 unspecified atom stereocenters. The predicted octanol–water partition coefficient (Wildman–Crippen LogP) is 3.91. The first-order chi connectivity index (χ1) is 10.3. The van der Waals surface area contributed by atoms with Crippen LogP contribution in [0.1, 0.15) is 17.3 Å². The summed E-state index contributed by atoms with van der Waals surface area (Å²) >= 11 is 11.7. The Bertz CT molecular complexity index is 727. The summed E-state index contributed by atoms with van der Waals surface area (Å²) in [7, 11) is 0. The number of aromatic hydroxyl groups is 1. The molecule has 3 N–H and O–H groups in total. The molecule has 2 rings (SSSR count). The number of nitrogens with one attached hydrogen (secondary N) is 2. The minimum absolute atomic E-state index is 0.0604. The summed E-state index contributed by atoms with van der Waals surface area (Å²) in [5, 5.41) is 15.8. The zero-order valence-electron chi connectivity index (χ0n) is 11.5. The molecule has 7 heteroatoms. The van der Waals surface area contributed by atoms with Gasteiger partial charge >= 0.3 is 0 Å². The maximum Gasteiger partial charge on any atom is 0.259 e. The van der Waals surface area contributed by atoms with Crippen LogP contribution in [-0.4, -0.2) is 16.9 Å². The third kappa shape index (κ3) is 4.13. The largest absolute Gasteiger partial charge is 0.507 e. The summed E-state index contributed by atoms with van der Waals surface area (Å²) in [5.74, 6) is -1.05. The molecule has 0 bridgehead atoms. The van der Waals surface area contributed by atoms with E-state index in [1.807, 2.05) is 0 Å². The molecule has 5 nitrogen and oxygen atoms in total. The molecule has 0 atom stereocenters. The number of benzene rings is 2. The van der Waals surface area contributed by atoms with E-state index in [-0.39, 0.29) is 17.2 Å². The molecule has 0 saturated heterocycles. The van der Waals surface area contributed by atoms with Crippen molar-refractivity contribution < 1.29 is 14.7 Å².